The van der Waals surface area contributed by atoms with Crippen LogP contribution in [0.1, 0.15) is 37.2 Å². The molecule has 5 heteroatoms. The monoisotopic (exact) mass is 222 g/mol. The Labute approximate surface area is 92.5 Å². The van der Waals surface area contributed by atoms with Crippen molar-refractivity contribution in [3.8, 4) is 0 Å². The number of hydrogen-bond donors (Lipinski definition) is 2. The lowest BCUT2D eigenvalue weighted by molar-refractivity contribution is -0.142. The van der Waals surface area contributed by atoms with Gasteiger partial charge < -0.3 is 10.1 Å². The number of aromatic amines is 1. The number of carbonyl (C=O) groups is 1. The summed E-state index contributed by atoms with van der Waals surface area (Å²) in [5, 5.41) is 9.16. The highest BCUT2D eigenvalue weighted by atomic mass is 16.4. The average molecular weight is 222 g/mol. The highest BCUT2D eigenvalue weighted by Gasteiger charge is 2.35. The van der Waals surface area contributed by atoms with Crippen molar-refractivity contribution in [1.82, 2.24) is 9.97 Å². The Balaban J connectivity index is 2.66. The predicted octanol–water partition coefficient (Wildman–Crippen LogP) is 0.621. The quantitative estimate of drug-likeness (QED) is 0.768. The molecule has 5 nitrogen and oxygen atoms in total. The summed E-state index contributed by atoms with van der Waals surface area (Å²) in [6.07, 6.45) is 2.54. The lowest BCUT2D eigenvalue weighted by Crippen LogP contribution is -2.34. The van der Waals surface area contributed by atoms with E-state index in [-0.39, 0.29) is 0 Å². The molecule has 16 heavy (non-hydrogen) atoms. The van der Waals surface area contributed by atoms with Crippen LogP contribution in [0.25, 0.3) is 0 Å². The normalized spacial score (nSPS) is 14.9. The largest absolute Gasteiger partial charge is 0.481 e. The molecule has 0 aliphatic heterocycles. The second kappa shape index (κ2) is 3.43. The van der Waals surface area contributed by atoms with Gasteiger partial charge in [-0.05, 0) is 38.7 Å². The highest BCUT2D eigenvalue weighted by Crippen LogP contribution is 2.29. The zero-order valence-corrected chi connectivity index (χ0v) is 9.33. The number of aromatic nitrogens is 2. The van der Waals surface area contributed by atoms with Crippen molar-refractivity contribution >= 4 is 5.97 Å². The van der Waals surface area contributed by atoms with Crippen molar-refractivity contribution in [1.29, 1.82) is 0 Å². The molecular weight excluding hydrogens is 208 g/mol. The molecule has 1 heterocycles. The maximum Gasteiger partial charge on any atom is 0.345 e. The molecule has 1 aromatic rings. The predicted molar refractivity (Wildman–Crippen MR) is 57.5 cm³/mol. The molecule has 0 saturated heterocycles. The van der Waals surface area contributed by atoms with E-state index in [0.717, 1.165) is 30.5 Å². The molecule has 2 rings (SSSR count). The minimum absolute atomic E-state index is 0.413. The lowest BCUT2D eigenvalue weighted by Gasteiger charge is -2.20. The molecule has 1 aliphatic rings. The van der Waals surface area contributed by atoms with Gasteiger partial charge in [-0.2, -0.15) is 4.98 Å². The maximum atomic E-state index is 11.4. The highest BCUT2D eigenvalue weighted by molar-refractivity contribution is 5.80. The second-order valence-corrected chi connectivity index (χ2v) is 4.63. The fraction of sp³-hybridized carbons (Fsp3) is 0.545. The van der Waals surface area contributed by atoms with Crippen LogP contribution in [0.5, 0.6) is 0 Å². The van der Waals surface area contributed by atoms with E-state index in [1.165, 1.54) is 0 Å². The number of rotatable bonds is 2. The summed E-state index contributed by atoms with van der Waals surface area (Å²) in [6.45, 7) is 3.16. The first kappa shape index (κ1) is 10.9. The van der Waals surface area contributed by atoms with Crippen LogP contribution in [0.2, 0.25) is 0 Å². The number of carboxylic acid groups (broad SMARTS) is 1. The van der Waals surface area contributed by atoms with Gasteiger partial charge in [0.25, 0.3) is 0 Å². The minimum Gasteiger partial charge on any atom is -0.481 e. The first-order chi connectivity index (χ1) is 7.43. The Morgan fingerprint density at radius 2 is 2.12 bits per heavy atom. The zero-order valence-electron chi connectivity index (χ0n) is 9.33. The van der Waals surface area contributed by atoms with Crippen LogP contribution < -0.4 is 5.69 Å². The molecule has 2 N–H and O–H groups in total. The van der Waals surface area contributed by atoms with Crippen molar-refractivity contribution in [3.05, 3.63) is 27.4 Å². The lowest BCUT2D eigenvalue weighted by atomic mass is 9.86. The van der Waals surface area contributed by atoms with Gasteiger partial charge in [-0.15, -0.1) is 0 Å². The molecule has 0 unspecified atom stereocenters. The van der Waals surface area contributed by atoms with E-state index in [1.54, 1.807) is 13.8 Å². The Bertz CT molecular complexity index is 502. The number of nitrogens with zero attached hydrogens (tertiary/aromatic N) is 1. The smallest absolute Gasteiger partial charge is 0.345 e. The summed E-state index contributed by atoms with van der Waals surface area (Å²) in [5.41, 5.74) is 0.612. The van der Waals surface area contributed by atoms with Gasteiger partial charge in [-0.25, -0.2) is 4.79 Å². The Hall–Kier alpha value is -1.65. The molecule has 1 aromatic heterocycles. The number of carboxylic acids is 1. The molecule has 0 spiro atoms. The molecule has 0 atom stereocenters. The van der Waals surface area contributed by atoms with E-state index >= 15 is 0 Å². The van der Waals surface area contributed by atoms with E-state index in [9.17, 15) is 9.59 Å². The molecule has 0 bridgehead atoms. The van der Waals surface area contributed by atoms with E-state index < -0.39 is 17.1 Å². The average Bonchev–Trinajstić information content (AvgIpc) is 2.63. The van der Waals surface area contributed by atoms with Gasteiger partial charge in [0.15, 0.2) is 0 Å². The van der Waals surface area contributed by atoms with Crippen LogP contribution in [0.4, 0.5) is 0 Å². The van der Waals surface area contributed by atoms with Crippen LogP contribution in [-0.4, -0.2) is 21.0 Å². The Kier molecular flexibility index (Phi) is 2.33. The third-order valence-electron chi connectivity index (χ3n) is 3.10. The fourth-order valence-electron chi connectivity index (χ4n) is 2.09. The summed E-state index contributed by atoms with van der Waals surface area (Å²) in [7, 11) is 0. The molecule has 1 aliphatic carbocycles. The van der Waals surface area contributed by atoms with Crippen LogP contribution in [0.15, 0.2) is 4.79 Å². The Morgan fingerprint density at radius 1 is 1.44 bits per heavy atom. The van der Waals surface area contributed by atoms with Gasteiger partial charge >= 0.3 is 11.7 Å². The standard InChI is InChI=1S/C11H14N2O3/c1-11(2,9(14)15)8-6-4-3-5-7(6)12-10(16)13-8/h3-5H2,1-2H3,(H,14,15)(H,12,13,16). The molecule has 0 aromatic carbocycles. The maximum absolute atomic E-state index is 11.4. The van der Waals surface area contributed by atoms with Crippen molar-refractivity contribution < 1.29 is 9.90 Å². The third kappa shape index (κ3) is 1.52. The van der Waals surface area contributed by atoms with Crippen molar-refractivity contribution in [3.63, 3.8) is 0 Å². The number of aryl methyl sites for hydroxylation is 1. The van der Waals surface area contributed by atoms with Gasteiger partial charge in [0, 0.05) is 5.69 Å². The van der Waals surface area contributed by atoms with Crippen molar-refractivity contribution in [2.75, 3.05) is 0 Å². The van der Waals surface area contributed by atoms with E-state index in [2.05, 4.69) is 9.97 Å². The van der Waals surface area contributed by atoms with Crippen molar-refractivity contribution in [2.24, 2.45) is 0 Å². The number of aliphatic carboxylic acids is 1. The molecular formula is C11H14N2O3. The minimum atomic E-state index is -1.11. The van der Waals surface area contributed by atoms with E-state index in [4.69, 9.17) is 5.11 Å². The SMILES string of the molecule is CC(C)(C(=O)O)c1nc(=O)[nH]c2c1CCC2. The number of H-pyrrole nitrogens is 1. The van der Waals surface area contributed by atoms with Gasteiger partial charge in [0.2, 0.25) is 0 Å². The summed E-state index contributed by atoms with van der Waals surface area (Å²) in [4.78, 5) is 29.1. The van der Waals surface area contributed by atoms with Crippen LogP contribution in [-0.2, 0) is 23.1 Å². The third-order valence-corrected chi connectivity index (χ3v) is 3.10. The van der Waals surface area contributed by atoms with E-state index in [0.29, 0.717) is 5.69 Å². The topological polar surface area (TPSA) is 83.0 Å². The fourth-order valence-corrected chi connectivity index (χ4v) is 2.09. The molecule has 0 radical (unpaired) electrons. The zero-order chi connectivity index (χ0) is 11.9. The Morgan fingerprint density at radius 3 is 2.75 bits per heavy atom. The van der Waals surface area contributed by atoms with Crippen LogP contribution in [0, 0.1) is 0 Å². The second-order valence-electron chi connectivity index (χ2n) is 4.63. The van der Waals surface area contributed by atoms with Gasteiger partial charge in [0.05, 0.1) is 5.69 Å². The first-order valence-electron chi connectivity index (χ1n) is 5.29. The molecule has 86 valence electrons. The van der Waals surface area contributed by atoms with Crippen LogP contribution >= 0.6 is 0 Å². The summed E-state index contributed by atoms with van der Waals surface area (Å²) in [6, 6.07) is 0. The first-order valence-corrected chi connectivity index (χ1v) is 5.29. The number of hydrogen-bond acceptors (Lipinski definition) is 3. The molecule has 0 amide bonds. The van der Waals surface area contributed by atoms with Crippen molar-refractivity contribution in [2.45, 2.75) is 38.5 Å². The molecule has 0 saturated carbocycles. The summed E-state index contributed by atoms with van der Waals surface area (Å²) in [5.74, 6) is -0.959. The molecule has 0 fully saturated rings. The summed E-state index contributed by atoms with van der Waals surface area (Å²) < 4.78 is 0. The van der Waals surface area contributed by atoms with Gasteiger partial charge in [-0.3, -0.25) is 4.79 Å². The van der Waals surface area contributed by atoms with Crippen LogP contribution in [0.3, 0.4) is 0 Å². The summed E-state index contributed by atoms with van der Waals surface area (Å²) >= 11 is 0. The number of fused-ring (bicyclic) bond motifs is 1. The van der Waals surface area contributed by atoms with Gasteiger partial charge in [0.1, 0.15) is 5.41 Å². The van der Waals surface area contributed by atoms with E-state index in [1.807, 2.05) is 0 Å². The van der Waals surface area contributed by atoms with Gasteiger partial charge in [-0.1, -0.05) is 0 Å². The number of nitrogens with one attached hydrogen (secondary N) is 1.